The molecule has 2 saturated heterocycles. The number of likely N-dealkylation sites (tertiary alicyclic amines) is 1. The molecule has 0 spiro atoms. The maximum atomic E-state index is 13.3. The molecule has 9 heteroatoms. The monoisotopic (exact) mass is 509 g/mol. The molecule has 0 saturated carbocycles. The number of hydrogen-bond acceptors (Lipinski definition) is 5. The maximum Gasteiger partial charge on any atom is 0.410 e. The van der Waals surface area contributed by atoms with E-state index in [1.54, 1.807) is 4.90 Å². The van der Waals surface area contributed by atoms with Crippen molar-refractivity contribution in [3.05, 3.63) is 47.5 Å². The van der Waals surface area contributed by atoms with Crippen molar-refractivity contribution in [2.75, 3.05) is 37.6 Å². The Hall–Kier alpha value is -3.26. The van der Waals surface area contributed by atoms with Gasteiger partial charge in [0.1, 0.15) is 17.5 Å². The van der Waals surface area contributed by atoms with Crippen LogP contribution in [0.5, 0.6) is 0 Å². The summed E-state index contributed by atoms with van der Waals surface area (Å²) in [5.74, 6) is 0.748. The quantitative estimate of drug-likeness (QED) is 0.541. The molecule has 2 aliphatic rings. The van der Waals surface area contributed by atoms with Crippen LogP contribution in [0.4, 0.5) is 10.5 Å². The summed E-state index contributed by atoms with van der Waals surface area (Å²) in [6.07, 6.45) is 1.08. The number of benzene rings is 2. The van der Waals surface area contributed by atoms with Crippen LogP contribution in [0.3, 0.4) is 0 Å². The highest BCUT2D eigenvalue weighted by Gasteiger charge is 2.39. The fraction of sp³-hybridized carbons (Fsp3) is 0.444. The first-order valence-corrected chi connectivity index (χ1v) is 12.9. The molecule has 0 aliphatic carbocycles. The number of nitrogens with one attached hydrogen (secondary N) is 1. The Morgan fingerprint density at radius 3 is 2.53 bits per heavy atom. The van der Waals surface area contributed by atoms with Crippen molar-refractivity contribution in [1.82, 2.24) is 19.8 Å². The van der Waals surface area contributed by atoms with Gasteiger partial charge in [0.2, 0.25) is 5.91 Å². The van der Waals surface area contributed by atoms with Crippen molar-refractivity contribution < 1.29 is 14.3 Å². The first-order chi connectivity index (χ1) is 17.2. The average Bonchev–Trinajstić information content (AvgIpc) is 3.50. The molecule has 8 nitrogen and oxygen atoms in total. The molecule has 0 bridgehead atoms. The molecule has 2 amide bonds. The summed E-state index contributed by atoms with van der Waals surface area (Å²) in [6.45, 7) is 8.67. The molecule has 190 valence electrons. The molecule has 0 unspecified atom stereocenters. The van der Waals surface area contributed by atoms with Crippen LogP contribution in [0, 0.1) is 0 Å². The smallest absolute Gasteiger partial charge is 0.410 e. The molecule has 3 heterocycles. The van der Waals surface area contributed by atoms with E-state index in [9.17, 15) is 9.59 Å². The number of para-hydroxylation sites is 2. The Morgan fingerprint density at radius 2 is 1.81 bits per heavy atom. The van der Waals surface area contributed by atoms with E-state index in [2.05, 4.69) is 16.0 Å². The standard InChI is InChI=1S/C27H32ClN5O3/c1-27(2,3)36-26(35)33-12-6-9-23(33)25(34)32-15-13-31(14-16-32)18-10-11-20(28)19(17-18)24-29-21-7-4-5-8-22(21)30-24/h4-5,7-8,10-11,17,23H,6,9,12-16H2,1-3H3,(H,29,30)/t23-/m0/s1. The number of H-pyrrole nitrogens is 1. The molecule has 0 radical (unpaired) electrons. The molecular formula is C27H32ClN5O3. The van der Waals surface area contributed by atoms with Gasteiger partial charge >= 0.3 is 6.09 Å². The molecule has 3 aromatic rings. The fourth-order valence-corrected chi connectivity index (χ4v) is 5.14. The molecule has 1 N–H and O–H groups in total. The van der Waals surface area contributed by atoms with Gasteiger partial charge in [-0.05, 0) is 63.9 Å². The van der Waals surface area contributed by atoms with Gasteiger partial charge in [0, 0.05) is 44.0 Å². The number of fused-ring (bicyclic) bond motifs is 1. The minimum atomic E-state index is -0.585. The highest BCUT2D eigenvalue weighted by atomic mass is 35.5. The summed E-state index contributed by atoms with van der Waals surface area (Å²) in [5, 5.41) is 0.634. The molecule has 2 aliphatic heterocycles. The van der Waals surface area contributed by atoms with Crippen LogP contribution in [0.1, 0.15) is 33.6 Å². The predicted octanol–water partition coefficient (Wildman–Crippen LogP) is 4.93. The lowest BCUT2D eigenvalue weighted by atomic mass is 10.1. The second-order valence-electron chi connectivity index (χ2n) is 10.4. The fourth-order valence-electron chi connectivity index (χ4n) is 4.93. The molecule has 2 aromatic carbocycles. The number of hydrogen-bond donors (Lipinski definition) is 1. The zero-order valence-electron chi connectivity index (χ0n) is 21.0. The number of piperazine rings is 1. The number of imidazole rings is 1. The summed E-state index contributed by atoms with van der Waals surface area (Å²) >= 11 is 6.54. The van der Waals surface area contributed by atoms with E-state index < -0.39 is 17.7 Å². The Morgan fingerprint density at radius 1 is 1.06 bits per heavy atom. The van der Waals surface area contributed by atoms with Crippen LogP contribution < -0.4 is 4.90 Å². The molecular weight excluding hydrogens is 478 g/mol. The van der Waals surface area contributed by atoms with Gasteiger partial charge in [0.05, 0.1) is 16.1 Å². The largest absolute Gasteiger partial charge is 0.444 e. The third-order valence-electron chi connectivity index (χ3n) is 6.72. The van der Waals surface area contributed by atoms with E-state index in [1.165, 1.54) is 0 Å². The summed E-state index contributed by atoms with van der Waals surface area (Å²) in [7, 11) is 0. The summed E-state index contributed by atoms with van der Waals surface area (Å²) in [5.41, 5.74) is 3.17. The number of amides is 2. The predicted molar refractivity (Wildman–Crippen MR) is 141 cm³/mol. The van der Waals surface area contributed by atoms with Crippen LogP contribution >= 0.6 is 11.6 Å². The van der Waals surface area contributed by atoms with Crippen LogP contribution in [0.2, 0.25) is 5.02 Å². The first-order valence-electron chi connectivity index (χ1n) is 12.5. The van der Waals surface area contributed by atoms with E-state index >= 15 is 0 Å². The molecule has 1 aromatic heterocycles. The van der Waals surface area contributed by atoms with Crippen molar-refractivity contribution in [2.24, 2.45) is 0 Å². The molecule has 36 heavy (non-hydrogen) atoms. The highest BCUT2D eigenvalue weighted by molar-refractivity contribution is 6.33. The van der Waals surface area contributed by atoms with E-state index in [0.29, 0.717) is 44.2 Å². The summed E-state index contributed by atoms with van der Waals surface area (Å²) in [6, 6.07) is 13.4. The van der Waals surface area contributed by atoms with Gasteiger partial charge in [-0.15, -0.1) is 0 Å². The van der Waals surface area contributed by atoms with E-state index in [4.69, 9.17) is 21.3 Å². The van der Waals surface area contributed by atoms with Crippen LogP contribution in [-0.4, -0.2) is 76.1 Å². The third kappa shape index (κ3) is 5.00. The SMILES string of the molecule is CC(C)(C)OC(=O)N1CCC[C@H]1C(=O)N1CCN(c2ccc(Cl)c(-c3nc4ccccc4[nH]3)c2)CC1. The van der Waals surface area contributed by atoms with E-state index in [-0.39, 0.29) is 5.91 Å². The van der Waals surface area contributed by atoms with E-state index in [1.807, 2.05) is 62.1 Å². The number of carbonyl (C=O) groups is 2. The number of aromatic amines is 1. The highest BCUT2D eigenvalue weighted by Crippen LogP contribution is 2.32. The van der Waals surface area contributed by atoms with Crippen LogP contribution in [-0.2, 0) is 9.53 Å². The zero-order valence-corrected chi connectivity index (χ0v) is 21.7. The van der Waals surface area contributed by atoms with Crippen molar-refractivity contribution in [1.29, 1.82) is 0 Å². The molecule has 5 rings (SSSR count). The number of halogens is 1. The third-order valence-corrected chi connectivity index (χ3v) is 7.05. The van der Waals surface area contributed by atoms with Crippen LogP contribution in [0.15, 0.2) is 42.5 Å². The van der Waals surface area contributed by atoms with Crippen molar-refractivity contribution in [3.8, 4) is 11.4 Å². The Kier molecular flexibility index (Phi) is 6.55. The van der Waals surface area contributed by atoms with Crippen molar-refractivity contribution in [2.45, 2.75) is 45.3 Å². The zero-order chi connectivity index (χ0) is 25.4. The lowest BCUT2D eigenvalue weighted by Gasteiger charge is -2.38. The van der Waals surface area contributed by atoms with Gasteiger partial charge in [-0.3, -0.25) is 9.69 Å². The normalized spacial score (nSPS) is 18.7. The Labute approximate surface area is 216 Å². The molecule has 1 atom stereocenters. The second kappa shape index (κ2) is 9.65. The molecule has 2 fully saturated rings. The number of anilines is 1. The summed E-state index contributed by atoms with van der Waals surface area (Å²) in [4.78, 5) is 39.7. The number of carbonyl (C=O) groups excluding carboxylic acids is 2. The number of ether oxygens (including phenoxy) is 1. The van der Waals surface area contributed by atoms with E-state index in [0.717, 1.165) is 34.5 Å². The Balaban J connectivity index is 1.25. The van der Waals surface area contributed by atoms with Crippen molar-refractivity contribution >= 4 is 40.3 Å². The van der Waals surface area contributed by atoms with Crippen LogP contribution in [0.25, 0.3) is 22.4 Å². The Bertz CT molecular complexity index is 1240. The lowest BCUT2D eigenvalue weighted by Crippen LogP contribution is -2.54. The number of aromatic nitrogens is 2. The average molecular weight is 510 g/mol. The minimum absolute atomic E-state index is 0.0112. The van der Waals surface area contributed by atoms with Gasteiger partial charge in [-0.1, -0.05) is 23.7 Å². The number of nitrogens with zero attached hydrogens (tertiary/aromatic N) is 4. The lowest BCUT2D eigenvalue weighted by molar-refractivity contribution is -0.136. The van der Waals surface area contributed by atoms with Gasteiger partial charge in [-0.25, -0.2) is 9.78 Å². The topological polar surface area (TPSA) is 81.8 Å². The maximum absolute atomic E-state index is 13.3. The number of rotatable bonds is 3. The second-order valence-corrected chi connectivity index (χ2v) is 10.8. The van der Waals surface area contributed by atoms with Gasteiger partial charge in [0.25, 0.3) is 0 Å². The summed E-state index contributed by atoms with van der Waals surface area (Å²) < 4.78 is 5.53. The minimum Gasteiger partial charge on any atom is -0.444 e. The first kappa shape index (κ1) is 24.4. The van der Waals surface area contributed by atoms with Crippen molar-refractivity contribution in [3.63, 3.8) is 0 Å². The van der Waals surface area contributed by atoms with Gasteiger partial charge < -0.3 is 19.5 Å². The van der Waals surface area contributed by atoms with Gasteiger partial charge in [-0.2, -0.15) is 0 Å². The van der Waals surface area contributed by atoms with Gasteiger partial charge in [0.15, 0.2) is 0 Å².